The van der Waals surface area contributed by atoms with E-state index in [0.29, 0.717) is 0 Å². The molecule has 2 heteroatoms. The SMILES string of the molecule is c1cc2ccc(CNCCCC3CC3)cc2[nH]1. The van der Waals surface area contributed by atoms with Gasteiger partial charge in [-0.1, -0.05) is 25.0 Å². The van der Waals surface area contributed by atoms with E-state index in [4.69, 9.17) is 0 Å². The molecule has 17 heavy (non-hydrogen) atoms. The summed E-state index contributed by atoms with van der Waals surface area (Å²) in [7, 11) is 0. The van der Waals surface area contributed by atoms with Gasteiger partial charge in [0.15, 0.2) is 0 Å². The van der Waals surface area contributed by atoms with Crippen LogP contribution in [0.1, 0.15) is 31.2 Å². The fourth-order valence-corrected chi connectivity index (χ4v) is 2.36. The quantitative estimate of drug-likeness (QED) is 0.728. The molecule has 0 amide bonds. The highest BCUT2D eigenvalue weighted by Crippen LogP contribution is 2.33. The van der Waals surface area contributed by atoms with Crippen molar-refractivity contribution >= 4 is 10.9 Å². The zero-order valence-electron chi connectivity index (χ0n) is 10.2. The Morgan fingerprint density at radius 1 is 1.24 bits per heavy atom. The molecule has 2 aromatic rings. The molecule has 0 radical (unpaired) electrons. The zero-order chi connectivity index (χ0) is 11.5. The summed E-state index contributed by atoms with van der Waals surface area (Å²) in [6.45, 7) is 2.14. The van der Waals surface area contributed by atoms with Crippen LogP contribution in [0.5, 0.6) is 0 Å². The highest BCUT2D eigenvalue weighted by Gasteiger charge is 2.19. The third kappa shape index (κ3) is 2.89. The third-order valence-corrected chi connectivity index (χ3v) is 3.61. The lowest BCUT2D eigenvalue weighted by Crippen LogP contribution is -2.14. The van der Waals surface area contributed by atoms with Gasteiger partial charge in [-0.2, -0.15) is 0 Å². The second kappa shape index (κ2) is 4.92. The second-order valence-corrected chi connectivity index (χ2v) is 5.16. The van der Waals surface area contributed by atoms with Crippen LogP contribution in [0, 0.1) is 5.92 Å². The maximum absolute atomic E-state index is 3.53. The highest BCUT2D eigenvalue weighted by molar-refractivity contribution is 5.79. The van der Waals surface area contributed by atoms with Crippen molar-refractivity contribution in [1.82, 2.24) is 10.3 Å². The number of H-pyrrole nitrogens is 1. The van der Waals surface area contributed by atoms with E-state index >= 15 is 0 Å². The normalized spacial score (nSPS) is 15.5. The van der Waals surface area contributed by atoms with E-state index in [-0.39, 0.29) is 0 Å². The molecule has 1 aromatic carbocycles. The summed E-state index contributed by atoms with van der Waals surface area (Å²) in [5.74, 6) is 1.06. The smallest absolute Gasteiger partial charge is 0.0457 e. The van der Waals surface area contributed by atoms with Crippen molar-refractivity contribution < 1.29 is 0 Å². The number of hydrogen-bond donors (Lipinski definition) is 2. The summed E-state index contributed by atoms with van der Waals surface area (Å²) in [5.41, 5.74) is 2.61. The fraction of sp³-hybridized carbons (Fsp3) is 0.467. The lowest BCUT2D eigenvalue weighted by molar-refractivity contribution is 0.594. The minimum atomic E-state index is 0.986. The van der Waals surface area contributed by atoms with Crippen molar-refractivity contribution in [1.29, 1.82) is 0 Å². The molecule has 2 N–H and O–H groups in total. The Morgan fingerprint density at radius 2 is 2.18 bits per heavy atom. The maximum Gasteiger partial charge on any atom is 0.0457 e. The Hall–Kier alpha value is -1.28. The first kappa shape index (κ1) is 10.8. The number of aromatic nitrogens is 1. The molecule has 1 fully saturated rings. The van der Waals surface area contributed by atoms with Gasteiger partial charge in [-0.25, -0.2) is 0 Å². The third-order valence-electron chi connectivity index (χ3n) is 3.61. The molecule has 3 rings (SSSR count). The van der Waals surface area contributed by atoms with Gasteiger partial charge in [0.1, 0.15) is 0 Å². The molecule has 1 aromatic heterocycles. The Bertz CT molecular complexity index is 482. The molecule has 0 saturated heterocycles. The first-order chi connectivity index (χ1) is 8.42. The standard InChI is InChI=1S/C15H20N2/c1(2-12-3-4-12)8-16-11-13-5-6-14-7-9-17-15(14)10-13/h5-7,9-10,12,16-17H,1-4,8,11H2. The number of aromatic amines is 1. The fourth-order valence-electron chi connectivity index (χ4n) is 2.36. The van der Waals surface area contributed by atoms with Crippen molar-refractivity contribution in [2.45, 2.75) is 32.2 Å². The molecule has 1 heterocycles. The molecular formula is C15H20N2. The number of nitrogens with one attached hydrogen (secondary N) is 2. The van der Waals surface area contributed by atoms with Gasteiger partial charge in [0.05, 0.1) is 0 Å². The summed E-state index contributed by atoms with van der Waals surface area (Å²) in [6.07, 6.45) is 7.70. The summed E-state index contributed by atoms with van der Waals surface area (Å²) >= 11 is 0. The number of benzene rings is 1. The van der Waals surface area contributed by atoms with Crippen molar-refractivity contribution in [3.63, 3.8) is 0 Å². The van der Waals surface area contributed by atoms with Crippen LogP contribution < -0.4 is 5.32 Å². The van der Waals surface area contributed by atoms with E-state index in [9.17, 15) is 0 Å². The monoisotopic (exact) mass is 228 g/mol. The van der Waals surface area contributed by atoms with Gasteiger partial charge in [0, 0.05) is 18.3 Å². The van der Waals surface area contributed by atoms with E-state index in [1.807, 2.05) is 6.20 Å². The lowest BCUT2D eigenvalue weighted by Gasteiger charge is -2.04. The van der Waals surface area contributed by atoms with Crippen LogP contribution in [0.3, 0.4) is 0 Å². The van der Waals surface area contributed by atoms with E-state index in [1.165, 1.54) is 42.1 Å². The Balaban J connectivity index is 1.46. The Kier molecular flexibility index (Phi) is 3.14. The highest BCUT2D eigenvalue weighted by atomic mass is 14.8. The van der Waals surface area contributed by atoms with Gasteiger partial charge in [0.2, 0.25) is 0 Å². The number of rotatable bonds is 6. The molecule has 0 atom stereocenters. The predicted octanol–water partition coefficient (Wildman–Crippen LogP) is 3.45. The molecular weight excluding hydrogens is 208 g/mol. The molecule has 1 aliphatic rings. The van der Waals surface area contributed by atoms with Gasteiger partial charge in [-0.3, -0.25) is 0 Å². The molecule has 0 spiro atoms. The minimum Gasteiger partial charge on any atom is -0.361 e. The van der Waals surface area contributed by atoms with Gasteiger partial charge < -0.3 is 10.3 Å². The average molecular weight is 228 g/mol. The maximum atomic E-state index is 3.53. The van der Waals surface area contributed by atoms with E-state index < -0.39 is 0 Å². The van der Waals surface area contributed by atoms with Gasteiger partial charge >= 0.3 is 0 Å². The van der Waals surface area contributed by atoms with Crippen LogP contribution in [0.4, 0.5) is 0 Å². The summed E-state index contributed by atoms with van der Waals surface area (Å²) in [6, 6.07) is 8.75. The molecule has 0 aliphatic heterocycles. The van der Waals surface area contributed by atoms with Crippen molar-refractivity contribution in [3.8, 4) is 0 Å². The second-order valence-electron chi connectivity index (χ2n) is 5.16. The Morgan fingerprint density at radius 3 is 3.06 bits per heavy atom. The van der Waals surface area contributed by atoms with Crippen LogP contribution in [0.2, 0.25) is 0 Å². The molecule has 0 unspecified atom stereocenters. The largest absolute Gasteiger partial charge is 0.361 e. The zero-order valence-corrected chi connectivity index (χ0v) is 10.2. The molecule has 1 saturated carbocycles. The van der Waals surface area contributed by atoms with Crippen molar-refractivity contribution in [2.24, 2.45) is 5.92 Å². The summed E-state index contributed by atoms with van der Waals surface area (Å²) < 4.78 is 0. The van der Waals surface area contributed by atoms with E-state index in [0.717, 1.165) is 19.0 Å². The summed E-state index contributed by atoms with van der Waals surface area (Å²) in [5, 5.41) is 4.82. The minimum absolute atomic E-state index is 0.986. The predicted molar refractivity (Wildman–Crippen MR) is 72.0 cm³/mol. The van der Waals surface area contributed by atoms with Crippen LogP contribution in [-0.4, -0.2) is 11.5 Å². The first-order valence-electron chi connectivity index (χ1n) is 6.68. The van der Waals surface area contributed by atoms with Gasteiger partial charge in [0.25, 0.3) is 0 Å². The summed E-state index contributed by atoms with van der Waals surface area (Å²) in [4.78, 5) is 3.26. The molecule has 0 bridgehead atoms. The van der Waals surface area contributed by atoms with Crippen LogP contribution in [-0.2, 0) is 6.54 Å². The first-order valence-corrected chi connectivity index (χ1v) is 6.68. The van der Waals surface area contributed by atoms with Crippen LogP contribution in [0.25, 0.3) is 10.9 Å². The van der Waals surface area contributed by atoms with Crippen molar-refractivity contribution in [2.75, 3.05) is 6.54 Å². The van der Waals surface area contributed by atoms with Gasteiger partial charge in [-0.15, -0.1) is 0 Å². The number of hydrogen-bond acceptors (Lipinski definition) is 1. The average Bonchev–Trinajstić information content (AvgIpc) is 3.05. The van der Waals surface area contributed by atoms with Gasteiger partial charge in [-0.05, 0) is 48.4 Å². The van der Waals surface area contributed by atoms with Crippen LogP contribution in [0.15, 0.2) is 30.5 Å². The van der Waals surface area contributed by atoms with Crippen LogP contribution >= 0.6 is 0 Å². The van der Waals surface area contributed by atoms with E-state index in [1.54, 1.807) is 0 Å². The molecule has 2 nitrogen and oxygen atoms in total. The van der Waals surface area contributed by atoms with E-state index in [2.05, 4.69) is 34.6 Å². The Labute approximate surface area is 102 Å². The van der Waals surface area contributed by atoms with Crippen molar-refractivity contribution in [3.05, 3.63) is 36.0 Å². The molecule has 1 aliphatic carbocycles. The lowest BCUT2D eigenvalue weighted by atomic mass is 10.1. The number of fused-ring (bicyclic) bond motifs is 1. The topological polar surface area (TPSA) is 27.8 Å². The molecule has 90 valence electrons.